The molecule has 0 aliphatic carbocycles. The number of carbonyl (C=O) groups is 4. The van der Waals surface area contributed by atoms with Crippen molar-refractivity contribution in [3.63, 3.8) is 0 Å². The molecule has 3 N–H and O–H groups in total. The molecule has 3 heterocycles. The van der Waals surface area contributed by atoms with Crippen molar-refractivity contribution in [3.8, 4) is 5.75 Å². The number of fused-ring (bicyclic) bond motifs is 2. The van der Waals surface area contributed by atoms with Gasteiger partial charge in [-0.1, -0.05) is 40.2 Å². The van der Waals surface area contributed by atoms with Gasteiger partial charge in [0, 0.05) is 24.4 Å². The summed E-state index contributed by atoms with van der Waals surface area (Å²) in [7, 11) is 0. The van der Waals surface area contributed by atoms with Crippen LogP contribution in [0.5, 0.6) is 5.75 Å². The molecule has 1 aromatic heterocycles. The van der Waals surface area contributed by atoms with E-state index in [1.54, 1.807) is 6.92 Å². The number of amides is 3. The number of nitrogens with one attached hydrogen (secondary N) is 1. The predicted octanol–water partition coefficient (Wildman–Crippen LogP) is 2.67. The Morgan fingerprint density at radius 3 is 2.44 bits per heavy atom. The lowest BCUT2D eigenvalue weighted by Gasteiger charge is -2.34. The number of hydrogen-bond donors (Lipinski definition) is 2. The van der Waals surface area contributed by atoms with E-state index in [2.05, 4.69) is 28.6 Å². The van der Waals surface area contributed by atoms with E-state index in [1.807, 2.05) is 13.8 Å². The Bertz CT molecular complexity index is 1380. The zero-order valence-electron chi connectivity index (χ0n) is 24.6. The van der Waals surface area contributed by atoms with Gasteiger partial charge in [0.25, 0.3) is 17.7 Å². The number of benzene rings is 1. The van der Waals surface area contributed by atoms with Gasteiger partial charge in [-0.05, 0) is 13.0 Å². The number of aromatic nitrogens is 1. The van der Waals surface area contributed by atoms with Crippen molar-refractivity contribution < 1.29 is 46.9 Å². The zero-order chi connectivity index (χ0) is 32.3. The smallest absolute Gasteiger partial charge is 0.451 e. The standard InChI is InChI=1S/C23H22F2N4O9.C3H8.C2H6/c1-11-8-35-17-7-28-6-14(21(32)27-5-12-2-3-13(24)4-15(12)25)19(31)20(18(28)22(33)29(11)17)37-10-38-23(34)36-9-16(26)30;1-3-2;1-2/h2-4,6,11,17H,5,7-10H2,1H3,(H2,26,30)(H,27,32);3H2,1-2H3;1-2H3. The van der Waals surface area contributed by atoms with E-state index in [0.29, 0.717) is 6.07 Å². The van der Waals surface area contributed by atoms with Crippen molar-refractivity contribution in [1.29, 1.82) is 0 Å². The van der Waals surface area contributed by atoms with Crippen LogP contribution in [0.3, 0.4) is 0 Å². The van der Waals surface area contributed by atoms with E-state index in [-0.39, 0.29) is 37.0 Å². The zero-order valence-corrected chi connectivity index (χ0v) is 24.6. The Morgan fingerprint density at radius 2 is 1.81 bits per heavy atom. The Labute approximate surface area is 246 Å². The Balaban J connectivity index is 0.00000121. The van der Waals surface area contributed by atoms with E-state index < -0.39 is 71.9 Å². The van der Waals surface area contributed by atoms with Crippen LogP contribution in [0.25, 0.3) is 0 Å². The summed E-state index contributed by atoms with van der Waals surface area (Å²) in [5.41, 5.74) is 3.16. The first-order valence-corrected chi connectivity index (χ1v) is 13.6. The molecule has 43 heavy (non-hydrogen) atoms. The molecule has 2 aliphatic rings. The van der Waals surface area contributed by atoms with E-state index in [0.717, 1.165) is 18.3 Å². The van der Waals surface area contributed by atoms with E-state index in [4.69, 9.17) is 15.2 Å². The summed E-state index contributed by atoms with van der Waals surface area (Å²) in [5.74, 6) is -4.76. The second-order valence-corrected chi connectivity index (χ2v) is 9.09. The fraction of sp³-hybridized carbons (Fsp3) is 0.464. The Hall–Kier alpha value is -4.53. The van der Waals surface area contributed by atoms with Crippen LogP contribution in [0.15, 0.2) is 29.2 Å². The maximum Gasteiger partial charge on any atom is 0.511 e. The number of nitrogens with two attached hydrogens (primary N) is 1. The fourth-order valence-corrected chi connectivity index (χ4v) is 4.00. The molecule has 2 aromatic rings. The molecule has 1 fully saturated rings. The summed E-state index contributed by atoms with van der Waals surface area (Å²) in [4.78, 5) is 63.1. The number of carbonyl (C=O) groups excluding carboxylic acids is 4. The summed E-state index contributed by atoms with van der Waals surface area (Å²) in [5, 5.41) is 2.37. The van der Waals surface area contributed by atoms with Crippen molar-refractivity contribution >= 4 is 23.9 Å². The SMILES string of the molecule is CC.CC1COC2Cn3cc(C(=O)NCc4ccc(F)cc4F)c(=O)c(OCOC(=O)OCC(N)=O)c3C(=O)N12.CCC. The second kappa shape index (κ2) is 16.2. The molecule has 3 amide bonds. The molecule has 0 radical (unpaired) electrons. The first-order valence-electron chi connectivity index (χ1n) is 13.6. The minimum Gasteiger partial charge on any atom is -0.451 e. The van der Waals surface area contributed by atoms with Gasteiger partial charge in [-0.15, -0.1) is 0 Å². The minimum absolute atomic E-state index is 0.0312. The highest BCUT2D eigenvalue weighted by molar-refractivity contribution is 5.99. The first kappa shape index (κ1) is 34.7. The van der Waals surface area contributed by atoms with Crippen molar-refractivity contribution in [2.24, 2.45) is 5.73 Å². The lowest BCUT2D eigenvalue weighted by molar-refractivity contribution is -0.122. The van der Waals surface area contributed by atoms with Crippen molar-refractivity contribution in [2.45, 2.75) is 66.4 Å². The van der Waals surface area contributed by atoms with Crippen LogP contribution in [-0.4, -0.2) is 65.6 Å². The summed E-state index contributed by atoms with van der Waals surface area (Å²) >= 11 is 0. The topological polar surface area (TPSA) is 168 Å². The monoisotopic (exact) mass is 610 g/mol. The Morgan fingerprint density at radius 1 is 1.14 bits per heavy atom. The van der Waals surface area contributed by atoms with Crippen LogP contribution in [-0.2, 0) is 32.1 Å². The van der Waals surface area contributed by atoms with E-state index in [1.165, 1.54) is 15.9 Å². The average molecular weight is 611 g/mol. The van der Waals surface area contributed by atoms with Gasteiger partial charge in [0.1, 0.15) is 17.2 Å². The molecule has 4 rings (SSSR count). The molecule has 13 nitrogen and oxygen atoms in total. The van der Waals surface area contributed by atoms with Gasteiger partial charge in [-0.25, -0.2) is 13.6 Å². The third-order valence-electron chi connectivity index (χ3n) is 5.75. The highest BCUT2D eigenvalue weighted by Crippen LogP contribution is 2.30. The van der Waals surface area contributed by atoms with E-state index in [9.17, 15) is 32.8 Å². The number of rotatable bonds is 8. The molecule has 0 bridgehead atoms. The molecule has 236 valence electrons. The normalized spacial score (nSPS) is 16.3. The summed E-state index contributed by atoms with van der Waals surface area (Å²) in [6.45, 7) is 8.27. The Kier molecular flexibility index (Phi) is 13.1. The van der Waals surface area contributed by atoms with Crippen LogP contribution in [0, 0.1) is 11.6 Å². The maximum atomic E-state index is 14.0. The molecule has 15 heteroatoms. The summed E-state index contributed by atoms with van der Waals surface area (Å²) in [6.07, 6.45) is 0.398. The predicted molar refractivity (Wildman–Crippen MR) is 148 cm³/mol. The van der Waals surface area contributed by atoms with Crippen molar-refractivity contribution in [1.82, 2.24) is 14.8 Å². The molecule has 2 atom stereocenters. The molecule has 0 saturated carbocycles. The second-order valence-electron chi connectivity index (χ2n) is 9.09. The minimum atomic E-state index is -1.33. The summed E-state index contributed by atoms with van der Waals surface area (Å²) < 4.78 is 48.4. The number of nitrogens with zero attached hydrogens (tertiary/aromatic N) is 2. The maximum absolute atomic E-state index is 14.0. The number of ether oxygens (including phenoxy) is 4. The quantitative estimate of drug-likeness (QED) is 0.337. The van der Waals surface area contributed by atoms with Gasteiger partial charge >= 0.3 is 6.16 Å². The molecule has 0 spiro atoms. The van der Waals surface area contributed by atoms with E-state index >= 15 is 0 Å². The first-order chi connectivity index (χ1) is 20.5. The third-order valence-corrected chi connectivity index (χ3v) is 5.75. The molecular formula is C28H36F2N4O9. The van der Waals surface area contributed by atoms with Crippen molar-refractivity contribution in [3.05, 3.63) is 63.1 Å². The lowest BCUT2D eigenvalue weighted by atomic mass is 10.1. The van der Waals surface area contributed by atoms with Crippen LogP contribution in [0.2, 0.25) is 0 Å². The van der Waals surface area contributed by atoms with Crippen LogP contribution in [0.1, 0.15) is 67.4 Å². The van der Waals surface area contributed by atoms with Gasteiger partial charge in [0.05, 0.1) is 19.2 Å². The van der Waals surface area contributed by atoms with Gasteiger partial charge in [-0.2, -0.15) is 0 Å². The fourth-order valence-electron chi connectivity index (χ4n) is 4.00. The van der Waals surface area contributed by atoms with Crippen LogP contribution >= 0.6 is 0 Å². The summed E-state index contributed by atoms with van der Waals surface area (Å²) in [6, 6.07) is 2.49. The highest BCUT2D eigenvalue weighted by Gasteiger charge is 2.43. The van der Waals surface area contributed by atoms with Crippen LogP contribution in [0.4, 0.5) is 13.6 Å². The van der Waals surface area contributed by atoms with Crippen LogP contribution < -0.4 is 21.2 Å². The molecular weight excluding hydrogens is 574 g/mol. The van der Waals surface area contributed by atoms with Gasteiger partial charge in [-0.3, -0.25) is 19.2 Å². The third kappa shape index (κ3) is 8.73. The van der Waals surface area contributed by atoms with Crippen molar-refractivity contribution in [2.75, 3.05) is 20.0 Å². The number of hydrogen-bond acceptors (Lipinski definition) is 9. The largest absolute Gasteiger partial charge is 0.511 e. The number of primary amides is 1. The molecule has 1 saturated heterocycles. The highest BCUT2D eigenvalue weighted by atomic mass is 19.1. The molecule has 2 unspecified atom stereocenters. The number of halogens is 2. The lowest BCUT2D eigenvalue weighted by Crippen LogP contribution is -2.49. The molecule has 1 aromatic carbocycles. The van der Waals surface area contributed by atoms with Gasteiger partial charge in [0.2, 0.25) is 18.0 Å². The van der Waals surface area contributed by atoms with Gasteiger partial charge in [0.15, 0.2) is 18.5 Å². The molecule has 2 aliphatic heterocycles. The number of pyridine rings is 1. The average Bonchev–Trinajstić information content (AvgIpc) is 3.34. The van der Waals surface area contributed by atoms with Gasteiger partial charge < -0.3 is 39.5 Å².